The van der Waals surface area contributed by atoms with Crippen LogP contribution in [-0.4, -0.2) is 40.1 Å². The van der Waals surface area contributed by atoms with Crippen LogP contribution in [0.2, 0.25) is 0 Å². The van der Waals surface area contributed by atoms with Gasteiger partial charge in [0, 0.05) is 4.88 Å². The summed E-state index contributed by atoms with van der Waals surface area (Å²) in [5.41, 5.74) is 0.800. The molecule has 2 aromatic rings. The number of rotatable bonds is 9. The molecule has 0 saturated heterocycles. The second-order valence-electron chi connectivity index (χ2n) is 7.25. The Kier molecular flexibility index (Phi) is 7.56. The lowest BCUT2D eigenvalue weighted by atomic mass is 10.1. The zero-order valence-electron chi connectivity index (χ0n) is 17.3. The summed E-state index contributed by atoms with van der Waals surface area (Å²) in [6.45, 7) is 14.8. The third-order valence-electron chi connectivity index (χ3n) is 4.87. The highest BCUT2D eigenvalue weighted by Crippen LogP contribution is 2.26. The van der Waals surface area contributed by atoms with Crippen molar-refractivity contribution >= 4 is 27.5 Å². The Morgan fingerprint density at radius 3 is 2.52 bits per heavy atom. The first-order chi connectivity index (χ1) is 12.8. The van der Waals surface area contributed by atoms with Crippen molar-refractivity contribution in [2.45, 2.75) is 61.1 Å². The van der Waals surface area contributed by atoms with Crippen molar-refractivity contribution in [3.8, 4) is 0 Å². The molecule has 0 unspecified atom stereocenters. The number of esters is 1. The first-order valence-corrected chi connectivity index (χ1v) is 10.5. The molecule has 0 fully saturated rings. The maximum absolute atomic E-state index is 13.2. The molecule has 0 aromatic carbocycles. The van der Waals surface area contributed by atoms with Crippen molar-refractivity contribution < 1.29 is 9.53 Å². The fourth-order valence-corrected chi connectivity index (χ4v) is 3.92. The summed E-state index contributed by atoms with van der Waals surface area (Å²) >= 11 is 1.53. The van der Waals surface area contributed by atoms with Crippen LogP contribution in [0.4, 0.5) is 0 Å². The molecule has 2 heterocycles. The Bertz CT molecular complexity index is 850. The summed E-state index contributed by atoms with van der Waals surface area (Å²) in [6.07, 6.45) is 0.813. The van der Waals surface area contributed by atoms with Gasteiger partial charge in [0.1, 0.15) is 17.2 Å². The van der Waals surface area contributed by atoms with Crippen molar-refractivity contribution in [1.29, 1.82) is 0 Å². The minimum absolute atomic E-state index is 0.0925. The molecule has 0 saturated carbocycles. The molecule has 0 spiro atoms. The van der Waals surface area contributed by atoms with Crippen molar-refractivity contribution in [3.63, 3.8) is 0 Å². The SMILES string of the molecule is CCN(CC)Cc1nc2sc(C)c(C)c2c(=O)n1CC(=O)OCCC(C)C. The first kappa shape index (κ1) is 21.6. The number of hydrogen-bond donors (Lipinski definition) is 0. The van der Waals surface area contributed by atoms with E-state index in [4.69, 9.17) is 9.72 Å². The standard InChI is InChI=1S/C20H31N3O3S/c1-7-22(8-2)11-16-21-19-18(14(5)15(6)27-19)20(25)23(16)12-17(24)26-10-9-13(3)4/h13H,7-12H2,1-6H3. The second-order valence-corrected chi connectivity index (χ2v) is 8.45. The average Bonchev–Trinajstić information content (AvgIpc) is 2.89. The van der Waals surface area contributed by atoms with Gasteiger partial charge in [-0.25, -0.2) is 4.98 Å². The highest BCUT2D eigenvalue weighted by Gasteiger charge is 2.19. The van der Waals surface area contributed by atoms with E-state index in [0.29, 0.717) is 30.3 Å². The molecule has 2 aromatic heterocycles. The quantitative estimate of drug-likeness (QED) is 0.610. The van der Waals surface area contributed by atoms with Crippen LogP contribution in [0.3, 0.4) is 0 Å². The van der Waals surface area contributed by atoms with E-state index in [0.717, 1.165) is 34.8 Å². The van der Waals surface area contributed by atoms with Gasteiger partial charge in [-0.15, -0.1) is 11.3 Å². The number of carbonyl (C=O) groups is 1. The van der Waals surface area contributed by atoms with E-state index >= 15 is 0 Å². The van der Waals surface area contributed by atoms with Crippen LogP contribution < -0.4 is 5.56 Å². The van der Waals surface area contributed by atoms with Crippen LogP contribution >= 0.6 is 11.3 Å². The Morgan fingerprint density at radius 1 is 1.26 bits per heavy atom. The van der Waals surface area contributed by atoms with E-state index in [-0.39, 0.29) is 18.1 Å². The molecule has 0 aliphatic carbocycles. The van der Waals surface area contributed by atoms with Gasteiger partial charge in [0.25, 0.3) is 5.56 Å². The molecular formula is C20H31N3O3S. The van der Waals surface area contributed by atoms with Gasteiger partial charge in [0.15, 0.2) is 0 Å². The zero-order valence-corrected chi connectivity index (χ0v) is 18.1. The van der Waals surface area contributed by atoms with Crippen LogP contribution in [0, 0.1) is 19.8 Å². The number of fused-ring (bicyclic) bond motifs is 1. The summed E-state index contributed by atoms with van der Waals surface area (Å²) in [7, 11) is 0. The van der Waals surface area contributed by atoms with Gasteiger partial charge in [-0.05, 0) is 44.8 Å². The highest BCUT2D eigenvalue weighted by atomic mass is 32.1. The summed E-state index contributed by atoms with van der Waals surface area (Å²) in [4.78, 5) is 34.3. The molecule has 27 heavy (non-hydrogen) atoms. The van der Waals surface area contributed by atoms with Gasteiger partial charge in [-0.3, -0.25) is 19.1 Å². The predicted octanol–water partition coefficient (Wildman–Crippen LogP) is 3.51. The average molecular weight is 394 g/mol. The number of nitrogens with zero attached hydrogens (tertiary/aromatic N) is 3. The Balaban J connectivity index is 2.40. The maximum atomic E-state index is 13.2. The lowest BCUT2D eigenvalue weighted by Crippen LogP contribution is -2.33. The number of aryl methyl sites for hydroxylation is 2. The normalized spacial score (nSPS) is 11.7. The van der Waals surface area contributed by atoms with Crippen LogP contribution in [0.25, 0.3) is 10.2 Å². The van der Waals surface area contributed by atoms with Crippen molar-refractivity contribution in [2.24, 2.45) is 5.92 Å². The van der Waals surface area contributed by atoms with E-state index in [9.17, 15) is 9.59 Å². The fourth-order valence-electron chi connectivity index (χ4n) is 2.88. The number of hydrogen-bond acceptors (Lipinski definition) is 6. The van der Waals surface area contributed by atoms with Crippen molar-refractivity contribution in [1.82, 2.24) is 14.5 Å². The lowest BCUT2D eigenvalue weighted by Gasteiger charge is -2.20. The number of ether oxygens (including phenoxy) is 1. The number of aromatic nitrogens is 2. The smallest absolute Gasteiger partial charge is 0.326 e. The highest BCUT2D eigenvalue weighted by molar-refractivity contribution is 7.18. The van der Waals surface area contributed by atoms with Crippen molar-refractivity contribution in [2.75, 3.05) is 19.7 Å². The van der Waals surface area contributed by atoms with E-state index < -0.39 is 0 Å². The monoisotopic (exact) mass is 393 g/mol. The Morgan fingerprint density at radius 2 is 1.93 bits per heavy atom. The molecule has 6 nitrogen and oxygen atoms in total. The van der Waals surface area contributed by atoms with Gasteiger partial charge in [0.2, 0.25) is 0 Å². The summed E-state index contributed by atoms with van der Waals surface area (Å²) in [5.74, 6) is 0.704. The zero-order chi connectivity index (χ0) is 20.1. The molecule has 7 heteroatoms. The summed E-state index contributed by atoms with van der Waals surface area (Å²) < 4.78 is 6.83. The van der Waals surface area contributed by atoms with Gasteiger partial charge >= 0.3 is 5.97 Å². The Hall–Kier alpha value is -1.73. The van der Waals surface area contributed by atoms with Crippen LogP contribution in [0.1, 0.15) is 50.4 Å². The molecule has 0 bridgehead atoms. The minimum atomic E-state index is -0.385. The molecule has 0 N–H and O–H groups in total. The molecule has 0 radical (unpaired) electrons. The Labute approximate surface area is 165 Å². The minimum Gasteiger partial charge on any atom is -0.464 e. The third kappa shape index (κ3) is 5.17. The molecule has 0 atom stereocenters. The van der Waals surface area contributed by atoms with Crippen LogP contribution in [-0.2, 0) is 22.6 Å². The lowest BCUT2D eigenvalue weighted by molar-refractivity contribution is -0.144. The van der Waals surface area contributed by atoms with Gasteiger partial charge in [-0.2, -0.15) is 0 Å². The molecule has 0 amide bonds. The van der Waals surface area contributed by atoms with Crippen LogP contribution in [0.15, 0.2) is 4.79 Å². The maximum Gasteiger partial charge on any atom is 0.326 e. The fraction of sp³-hybridized carbons (Fsp3) is 0.650. The van der Waals surface area contributed by atoms with Crippen molar-refractivity contribution in [3.05, 3.63) is 26.6 Å². The number of carbonyl (C=O) groups excluding carboxylic acids is 1. The van der Waals surface area contributed by atoms with Gasteiger partial charge in [0.05, 0.1) is 18.5 Å². The predicted molar refractivity (Wildman–Crippen MR) is 110 cm³/mol. The molecule has 0 aliphatic rings. The van der Waals surface area contributed by atoms with E-state index in [1.54, 1.807) is 0 Å². The van der Waals surface area contributed by atoms with Gasteiger partial charge in [-0.1, -0.05) is 27.7 Å². The topological polar surface area (TPSA) is 64.4 Å². The largest absolute Gasteiger partial charge is 0.464 e. The first-order valence-electron chi connectivity index (χ1n) is 9.65. The number of thiophene rings is 1. The van der Waals surface area contributed by atoms with E-state index in [1.807, 2.05) is 13.8 Å². The molecule has 0 aliphatic heterocycles. The van der Waals surface area contributed by atoms with E-state index in [2.05, 4.69) is 32.6 Å². The van der Waals surface area contributed by atoms with E-state index in [1.165, 1.54) is 15.9 Å². The third-order valence-corrected chi connectivity index (χ3v) is 5.97. The van der Waals surface area contributed by atoms with Gasteiger partial charge < -0.3 is 4.74 Å². The molecule has 150 valence electrons. The molecular weight excluding hydrogens is 362 g/mol. The molecule has 2 rings (SSSR count). The summed E-state index contributed by atoms with van der Waals surface area (Å²) in [5, 5.41) is 0.621. The summed E-state index contributed by atoms with van der Waals surface area (Å²) in [6, 6.07) is 0. The van der Waals surface area contributed by atoms with Crippen LogP contribution in [0.5, 0.6) is 0 Å². The second kappa shape index (κ2) is 9.46.